The summed E-state index contributed by atoms with van der Waals surface area (Å²) in [7, 11) is -3.32. The Kier molecular flexibility index (Phi) is 5.32. The Balaban J connectivity index is 2.08. The van der Waals surface area contributed by atoms with E-state index in [4.69, 9.17) is 5.21 Å². The van der Waals surface area contributed by atoms with E-state index < -0.39 is 27.7 Å². The van der Waals surface area contributed by atoms with Gasteiger partial charge < -0.3 is 5.32 Å². The molecule has 1 heterocycles. The van der Waals surface area contributed by atoms with E-state index in [0.29, 0.717) is 10.6 Å². The van der Waals surface area contributed by atoms with Gasteiger partial charge in [0.1, 0.15) is 9.88 Å². The molecule has 8 nitrogen and oxygen atoms in total. The van der Waals surface area contributed by atoms with Crippen LogP contribution >= 0.6 is 11.3 Å². The van der Waals surface area contributed by atoms with Crippen molar-refractivity contribution in [1.82, 2.24) is 15.8 Å². The van der Waals surface area contributed by atoms with Gasteiger partial charge >= 0.3 is 0 Å². The molecule has 10 heteroatoms. The Bertz CT molecular complexity index is 859. The molecule has 2 amide bonds. The van der Waals surface area contributed by atoms with E-state index in [1.165, 1.54) is 35.9 Å². The van der Waals surface area contributed by atoms with Gasteiger partial charge in [0.2, 0.25) is 0 Å². The average molecular weight is 369 g/mol. The third-order valence-corrected chi connectivity index (χ3v) is 5.42. The van der Waals surface area contributed by atoms with Crippen LogP contribution in [0.25, 0.3) is 0 Å². The molecular formula is C14H15N3O5S2. The Morgan fingerprint density at radius 3 is 2.38 bits per heavy atom. The largest absolute Gasteiger partial charge is 0.343 e. The van der Waals surface area contributed by atoms with Gasteiger partial charge in [-0.05, 0) is 31.2 Å². The average Bonchev–Trinajstić information content (AvgIpc) is 3.03. The lowest BCUT2D eigenvalue weighted by Crippen LogP contribution is -2.26. The summed E-state index contributed by atoms with van der Waals surface area (Å²) in [5, 5.41) is 11.8. The monoisotopic (exact) mass is 369 g/mol. The SMILES string of the molecule is C[C@H](NC(=O)c1ccc(S(C)(=O)=O)cc1)c1ncc(C(=O)NO)s1. The number of hydrogen-bond acceptors (Lipinski definition) is 7. The van der Waals surface area contributed by atoms with Crippen molar-refractivity contribution in [2.24, 2.45) is 0 Å². The lowest BCUT2D eigenvalue weighted by molar-refractivity contribution is 0.0710. The number of carbonyl (C=O) groups excluding carboxylic acids is 2. The van der Waals surface area contributed by atoms with Crippen LogP contribution in [0.3, 0.4) is 0 Å². The molecule has 0 fully saturated rings. The topological polar surface area (TPSA) is 125 Å². The lowest BCUT2D eigenvalue weighted by atomic mass is 10.2. The van der Waals surface area contributed by atoms with Crippen LogP contribution in [0.4, 0.5) is 0 Å². The van der Waals surface area contributed by atoms with Crippen molar-refractivity contribution in [2.75, 3.05) is 6.26 Å². The highest BCUT2D eigenvalue weighted by Gasteiger charge is 2.17. The maximum Gasteiger partial charge on any atom is 0.286 e. The van der Waals surface area contributed by atoms with Crippen LogP contribution in [0.2, 0.25) is 0 Å². The van der Waals surface area contributed by atoms with Gasteiger partial charge in [-0.15, -0.1) is 11.3 Å². The standard InChI is InChI=1S/C14H15N3O5S2/c1-8(14-15-7-11(23-14)13(19)17-20)16-12(18)9-3-5-10(6-4-9)24(2,21)22/h3-8,20H,1-2H3,(H,16,18)(H,17,19)/t8-/m0/s1. The van der Waals surface area contributed by atoms with Crippen LogP contribution in [0.5, 0.6) is 0 Å². The number of thiazole rings is 1. The predicted octanol–water partition coefficient (Wildman–Crippen LogP) is 1.16. The summed E-state index contributed by atoms with van der Waals surface area (Å²) in [4.78, 5) is 27.8. The minimum absolute atomic E-state index is 0.131. The first kappa shape index (κ1) is 18.0. The van der Waals surface area contributed by atoms with Crippen molar-refractivity contribution < 1.29 is 23.2 Å². The molecule has 2 aromatic rings. The van der Waals surface area contributed by atoms with E-state index >= 15 is 0 Å². The first-order valence-electron chi connectivity index (χ1n) is 6.73. The number of hydroxylamine groups is 1. The van der Waals surface area contributed by atoms with Crippen LogP contribution < -0.4 is 10.8 Å². The molecule has 0 bridgehead atoms. The number of hydrogen-bond donors (Lipinski definition) is 3. The summed E-state index contributed by atoms with van der Waals surface area (Å²) in [5.41, 5.74) is 1.82. The van der Waals surface area contributed by atoms with Crippen LogP contribution in [0.1, 0.15) is 38.0 Å². The number of carbonyl (C=O) groups is 2. The Morgan fingerprint density at radius 2 is 1.83 bits per heavy atom. The van der Waals surface area contributed by atoms with Gasteiger partial charge in [0, 0.05) is 11.8 Å². The molecule has 24 heavy (non-hydrogen) atoms. The van der Waals surface area contributed by atoms with Gasteiger partial charge in [-0.1, -0.05) is 0 Å². The van der Waals surface area contributed by atoms with Crippen molar-refractivity contribution in [3.8, 4) is 0 Å². The number of rotatable bonds is 5. The van der Waals surface area contributed by atoms with E-state index in [1.807, 2.05) is 0 Å². The summed E-state index contributed by atoms with van der Waals surface area (Å²) in [6.07, 6.45) is 2.39. The molecule has 0 aliphatic carbocycles. The van der Waals surface area contributed by atoms with Crippen molar-refractivity contribution >= 4 is 33.0 Å². The molecule has 0 spiro atoms. The van der Waals surface area contributed by atoms with Crippen molar-refractivity contribution in [2.45, 2.75) is 17.9 Å². The van der Waals surface area contributed by atoms with E-state index in [2.05, 4.69) is 10.3 Å². The normalized spacial score (nSPS) is 12.5. The number of sulfone groups is 1. The maximum absolute atomic E-state index is 12.2. The molecule has 128 valence electrons. The fourth-order valence-corrected chi connectivity index (χ4v) is 3.28. The van der Waals surface area contributed by atoms with E-state index in [1.54, 1.807) is 6.92 Å². The van der Waals surface area contributed by atoms with Crippen LogP contribution in [-0.4, -0.2) is 36.7 Å². The van der Waals surface area contributed by atoms with Gasteiger partial charge in [0.15, 0.2) is 9.84 Å². The second-order valence-electron chi connectivity index (χ2n) is 5.00. The first-order valence-corrected chi connectivity index (χ1v) is 9.44. The van der Waals surface area contributed by atoms with Gasteiger partial charge in [-0.2, -0.15) is 0 Å². The number of nitrogens with zero attached hydrogens (tertiary/aromatic N) is 1. The number of aromatic nitrogens is 1. The second-order valence-corrected chi connectivity index (χ2v) is 8.07. The maximum atomic E-state index is 12.2. The van der Waals surface area contributed by atoms with Crippen molar-refractivity contribution in [3.63, 3.8) is 0 Å². The zero-order valence-corrected chi connectivity index (χ0v) is 14.4. The highest BCUT2D eigenvalue weighted by atomic mass is 32.2. The summed E-state index contributed by atoms with van der Waals surface area (Å²) in [6, 6.07) is 5.11. The Morgan fingerprint density at radius 1 is 1.21 bits per heavy atom. The third-order valence-electron chi connectivity index (χ3n) is 3.11. The minimum atomic E-state index is -3.32. The highest BCUT2D eigenvalue weighted by molar-refractivity contribution is 7.90. The molecule has 0 saturated carbocycles. The minimum Gasteiger partial charge on any atom is -0.343 e. The van der Waals surface area contributed by atoms with E-state index in [0.717, 1.165) is 17.6 Å². The molecule has 2 rings (SSSR count). The molecule has 1 atom stereocenters. The fourth-order valence-electron chi connectivity index (χ4n) is 1.84. The summed E-state index contributed by atoms with van der Waals surface area (Å²) in [5.74, 6) is -1.07. The third kappa shape index (κ3) is 4.16. The quantitative estimate of drug-likeness (QED) is 0.536. The van der Waals surface area contributed by atoms with Gasteiger partial charge in [0.05, 0.1) is 17.1 Å². The molecule has 0 aliphatic rings. The number of benzene rings is 1. The molecule has 0 unspecified atom stereocenters. The smallest absolute Gasteiger partial charge is 0.286 e. The van der Waals surface area contributed by atoms with Gasteiger partial charge in [-0.3, -0.25) is 14.8 Å². The molecule has 0 aliphatic heterocycles. The molecular weight excluding hydrogens is 354 g/mol. The van der Waals surface area contributed by atoms with Crippen LogP contribution in [-0.2, 0) is 9.84 Å². The Hall–Kier alpha value is -2.30. The van der Waals surface area contributed by atoms with Crippen molar-refractivity contribution in [1.29, 1.82) is 0 Å². The molecule has 0 saturated heterocycles. The van der Waals surface area contributed by atoms with E-state index in [9.17, 15) is 18.0 Å². The van der Waals surface area contributed by atoms with Crippen LogP contribution in [0.15, 0.2) is 35.4 Å². The lowest BCUT2D eigenvalue weighted by Gasteiger charge is -2.11. The predicted molar refractivity (Wildman–Crippen MR) is 86.8 cm³/mol. The molecule has 3 N–H and O–H groups in total. The second kappa shape index (κ2) is 7.07. The summed E-state index contributed by atoms with van der Waals surface area (Å²) < 4.78 is 22.8. The zero-order valence-electron chi connectivity index (χ0n) is 12.8. The summed E-state index contributed by atoms with van der Waals surface area (Å²) >= 11 is 1.04. The molecule has 1 aromatic heterocycles. The summed E-state index contributed by atoms with van der Waals surface area (Å²) in [6.45, 7) is 1.70. The van der Waals surface area contributed by atoms with Crippen molar-refractivity contribution in [3.05, 3.63) is 45.9 Å². The number of nitrogens with one attached hydrogen (secondary N) is 2. The van der Waals surface area contributed by atoms with Crippen LogP contribution in [0, 0.1) is 0 Å². The number of amides is 2. The van der Waals surface area contributed by atoms with E-state index in [-0.39, 0.29) is 9.77 Å². The zero-order chi connectivity index (χ0) is 17.9. The van der Waals surface area contributed by atoms with Gasteiger partial charge in [0.25, 0.3) is 11.8 Å². The van der Waals surface area contributed by atoms with Gasteiger partial charge in [-0.25, -0.2) is 18.9 Å². The molecule has 1 aromatic carbocycles. The molecule has 0 radical (unpaired) electrons. The Labute approximate surface area is 142 Å². The highest BCUT2D eigenvalue weighted by Crippen LogP contribution is 2.20. The fraction of sp³-hybridized carbons (Fsp3) is 0.214. The first-order chi connectivity index (χ1) is 11.2.